The average molecular weight is 384 g/mol. The molecule has 0 fully saturated rings. The molecule has 4 nitrogen and oxygen atoms in total. The Morgan fingerprint density at radius 2 is 2.04 bits per heavy atom. The Morgan fingerprint density at radius 3 is 2.71 bits per heavy atom. The molecule has 0 bridgehead atoms. The molecular weight excluding hydrogens is 350 g/mol. The number of hydrogen-bond acceptors (Lipinski definition) is 3. The highest BCUT2D eigenvalue weighted by Gasteiger charge is 2.20. The second kappa shape index (κ2) is 9.74. The van der Waals surface area contributed by atoms with Gasteiger partial charge in [0.05, 0.1) is 11.6 Å². The van der Waals surface area contributed by atoms with E-state index in [1.807, 2.05) is 45.2 Å². The number of rotatable bonds is 8. The Labute approximate surface area is 168 Å². The number of hydrogen-bond donors (Lipinski definition) is 1. The quantitative estimate of drug-likeness (QED) is 0.567. The lowest BCUT2D eigenvalue weighted by molar-refractivity contribution is 0.0544. The van der Waals surface area contributed by atoms with Crippen LogP contribution in [0.25, 0.3) is 10.9 Å². The second-order valence-electron chi connectivity index (χ2n) is 8.31. The fourth-order valence-electron chi connectivity index (χ4n) is 3.20. The number of fused-ring (bicyclic) bond motifs is 1. The number of ether oxygens (including phenoxy) is 1. The first-order chi connectivity index (χ1) is 13.2. The normalized spacial score (nSPS) is 13.5. The number of aliphatic hydroxyl groups is 1. The summed E-state index contributed by atoms with van der Waals surface area (Å²) in [5.41, 5.74) is 2.83. The Hall–Kier alpha value is -2.33. The van der Waals surface area contributed by atoms with E-state index in [2.05, 4.69) is 25.6 Å². The maximum Gasteiger partial charge on any atom is 0.419 e. The number of allylic oxidation sites excluding steroid dienone is 2. The number of carbonyl (C=O) groups is 1. The minimum atomic E-state index is -0.526. The first-order valence-corrected chi connectivity index (χ1v) is 10.00. The first-order valence-electron chi connectivity index (χ1n) is 10.00. The van der Waals surface area contributed by atoms with Crippen LogP contribution in [0.3, 0.4) is 0 Å². The summed E-state index contributed by atoms with van der Waals surface area (Å²) in [5.74, 6) is 0. The monoisotopic (exact) mass is 383 g/mol. The van der Waals surface area contributed by atoms with Crippen LogP contribution in [-0.2, 0) is 11.2 Å². The molecule has 0 aliphatic carbocycles. The predicted octanol–water partition coefficient (Wildman–Crippen LogP) is 6.02. The van der Waals surface area contributed by atoms with Gasteiger partial charge in [-0.05, 0) is 71.4 Å². The molecule has 1 atom stereocenters. The third-order valence-electron chi connectivity index (χ3n) is 4.63. The highest BCUT2D eigenvalue weighted by atomic mass is 16.6. The Bertz CT molecular complexity index is 839. The van der Waals surface area contributed by atoms with Crippen molar-refractivity contribution in [2.24, 2.45) is 0 Å². The number of aryl methyl sites for hydroxylation is 1. The molecule has 1 aromatic carbocycles. The van der Waals surface area contributed by atoms with Gasteiger partial charge < -0.3 is 9.84 Å². The van der Waals surface area contributed by atoms with Crippen molar-refractivity contribution < 1.29 is 14.6 Å². The van der Waals surface area contributed by atoms with Gasteiger partial charge in [-0.25, -0.2) is 4.79 Å². The maximum atomic E-state index is 12.6. The van der Waals surface area contributed by atoms with E-state index < -0.39 is 11.7 Å². The van der Waals surface area contributed by atoms with Crippen molar-refractivity contribution in [3.8, 4) is 0 Å². The maximum absolute atomic E-state index is 12.6. The number of para-hydroxylation sites is 1. The van der Waals surface area contributed by atoms with Crippen LogP contribution in [0.4, 0.5) is 4.79 Å². The van der Waals surface area contributed by atoms with Crippen LogP contribution in [0.5, 0.6) is 0 Å². The van der Waals surface area contributed by atoms with Gasteiger partial charge in [0.2, 0.25) is 0 Å². The van der Waals surface area contributed by atoms with Crippen molar-refractivity contribution in [2.45, 2.75) is 71.5 Å². The number of carbonyl (C=O) groups excluding carboxylic acids is 1. The van der Waals surface area contributed by atoms with Crippen LogP contribution in [0.2, 0.25) is 0 Å². The van der Waals surface area contributed by atoms with Crippen LogP contribution < -0.4 is 0 Å². The smallest absolute Gasteiger partial charge is 0.419 e. The molecule has 0 aliphatic rings. The summed E-state index contributed by atoms with van der Waals surface area (Å²) in [6.07, 6.45) is 9.44. The minimum Gasteiger partial charge on any atom is -0.443 e. The molecule has 1 unspecified atom stereocenters. The van der Waals surface area contributed by atoms with Crippen molar-refractivity contribution >= 4 is 17.0 Å². The van der Waals surface area contributed by atoms with Crippen molar-refractivity contribution in [3.05, 3.63) is 60.3 Å². The fraction of sp³-hybridized carbons (Fsp3) is 0.458. The third kappa shape index (κ3) is 6.38. The van der Waals surface area contributed by atoms with E-state index in [-0.39, 0.29) is 6.09 Å². The van der Waals surface area contributed by atoms with Crippen LogP contribution in [0.15, 0.2) is 54.8 Å². The Kier molecular flexibility index (Phi) is 7.64. The van der Waals surface area contributed by atoms with Crippen LogP contribution in [-0.4, -0.2) is 27.5 Å². The van der Waals surface area contributed by atoms with E-state index in [4.69, 9.17) is 4.74 Å². The summed E-state index contributed by atoms with van der Waals surface area (Å²) in [4.78, 5) is 12.6. The van der Waals surface area contributed by atoms with Gasteiger partial charge in [0.1, 0.15) is 5.60 Å². The van der Waals surface area contributed by atoms with Gasteiger partial charge in [-0.3, -0.25) is 4.57 Å². The summed E-state index contributed by atoms with van der Waals surface area (Å²) >= 11 is 0. The highest BCUT2D eigenvalue weighted by molar-refractivity contribution is 5.92. The molecule has 28 heavy (non-hydrogen) atoms. The van der Waals surface area contributed by atoms with E-state index in [0.29, 0.717) is 0 Å². The van der Waals surface area contributed by atoms with Crippen LogP contribution in [0, 0.1) is 0 Å². The molecule has 2 rings (SSSR count). The first kappa shape index (κ1) is 22.0. The van der Waals surface area contributed by atoms with Gasteiger partial charge in [-0.2, -0.15) is 0 Å². The lowest BCUT2D eigenvalue weighted by Gasteiger charge is -2.19. The molecule has 0 amide bonds. The van der Waals surface area contributed by atoms with E-state index in [0.717, 1.165) is 48.6 Å². The molecule has 1 heterocycles. The zero-order valence-electron chi connectivity index (χ0n) is 17.6. The lowest BCUT2D eigenvalue weighted by Crippen LogP contribution is -2.26. The molecule has 0 saturated carbocycles. The van der Waals surface area contributed by atoms with Crippen molar-refractivity contribution in [2.75, 3.05) is 0 Å². The zero-order valence-corrected chi connectivity index (χ0v) is 17.6. The van der Waals surface area contributed by atoms with Crippen molar-refractivity contribution in [3.63, 3.8) is 0 Å². The summed E-state index contributed by atoms with van der Waals surface area (Å²) in [7, 11) is 0. The molecule has 2 aromatic rings. The minimum absolute atomic E-state index is 0.345. The molecule has 1 N–H and O–H groups in total. The fourth-order valence-corrected chi connectivity index (χ4v) is 3.20. The molecule has 4 heteroatoms. The largest absolute Gasteiger partial charge is 0.443 e. The van der Waals surface area contributed by atoms with Crippen LogP contribution >= 0.6 is 0 Å². The van der Waals surface area contributed by atoms with Crippen molar-refractivity contribution in [1.29, 1.82) is 0 Å². The molecule has 152 valence electrons. The number of aromatic nitrogens is 1. The highest BCUT2D eigenvalue weighted by Crippen LogP contribution is 2.24. The topological polar surface area (TPSA) is 51.5 Å². The van der Waals surface area contributed by atoms with E-state index in [9.17, 15) is 9.90 Å². The van der Waals surface area contributed by atoms with Gasteiger partial charge in [0.25, 0.3) is 0 Å². The average Bonchev–Trinajstić information content (AvgIpc) is 2.99. The molecule has 0 spiro atoms. The van der Waals surface area contributed by atoms with Gasteiger partial charge in [0.15, 0.2) is 0 Å². The third-order valence-corrected chi connectivity index (χ3v) is 4.63. The molecule has 0 saturated heterocycles. The van der Waals surface area contributed by atoms with Crippen LogP contribution in [0.1, 0.15) is 58.9 Å². The second-order valence-corrected chi connectivity index (χ2v) is 8.31. The predicted molar refractivity (Wildman–Crippen MR) is 116 cm³/mol. The molecule has 0 aliphatic heterocycles. The zero-order chi connectivity index (χ0) is 20.7. The molecule has 0 radical (unpaired) electrons. The van der Waals surface area contributed by atoms with E-state index in [1.54, 1.807) is 10.6 Å². The summed E-state index contributed by atoms with van der Waals surface area (Å²) in [6, 6.07) is 7.94. The van der Waals surface area contributed by atoms with Gasteiger partial charge in [0, 0.05) is 11.6 Å². The van der Waals surface area contributed by atoms with E-state index in [1.165, 1.54) is 5.57 Å². The molecule has 1 aromatic heterocycles. The Balaban J connectivity index is 2.06. The Morgan fingerprint density at radius 1 is 1.32 bits per heavy atom. The summed E-state index contributed by atoms with van der Waals surface area (Å²) < 4.78 is 7.16. The van der Waals surface area contributed by atoms with Crippen molar-refractivity contribution in [1.82, 2.24) is 4.57 Å². The lowest BCUT2D eigenvalue weighted by atomic mass is 10.0. The van der Waals surface area contributed by atoms with Gasteiger partial charge in [-0.15, -0.1) is 6.58 Å². The number of benzene rings is 1. The summed E-state index contributed by atoms with van der Waals surface area (Å²) in [5, 5.41) is 10.6. The number of aliphatic hydroxyl groups excluding tert-OH is 1. The number of nitrogens with zero attached hydrogens (tertiary/aromatic N) is 1. The van der Waals surface area contributed by atoms with E-state index >= 15 is 0 Å². The van der Waals surface area contributed by atoms with Gasteiger partial charge in [-0.1, -0.05) is 35.9 Å². The SMILES string of the molecule is C=CC(O)CCC/C(C)=C/CCc1cn(C(=O)OC(C)(C)C)c2ccccc12. The standard InChI is InChI=1S/C24H33NO3/c1-6-20(26)14-10-12-18(2)11-9-13-19-17-25(23(27)28-24(3,4)5)22-16-8-7-15-21(19)22/h6-8,11,15-17,20,26H,1,9-10,12-14H2,2-5H3/b18-11+. The summed E-state index contributed by atoms with van der Waals surface area (Å²) in [6.45, 7) is 11.4. The van der Waals surface area contributed by atoms with Gasteiger partial charge >= 0.3 is 6.09 Å². The molecular formula is C24H33NO3.